The summed E-state index contributed by atoms with van der Waals surface area (Å²) < 4.78 is 0.283. The van der Waals surface area contributed by atoms with Crippen LogP contribution in [-0.2, 0) is 0 Å². The predicted octanol–water partition coefficient (Wildman–Crippen LogP) is 2.06. The molecule has 0 aliphatic carbocycles. The van der Waals surface area contributed by atoms with Gasteiger partial charge in [0.1, 0.15) is 4.64 Å². The molecule has 0 bridgehead atoms. The van der Waals surface area contributed by atoms with E-state index in [1.807, 2.05) is 13.8 Å². The van der Waals surface area contributed by atoms with Crippen LogP contribution in [0.25, 0.3) is 0 Å². The van der Waals surface area contributed by atoms with Gasteiger partial charge in [-0.15, -0.1) is 0 Å². The second kappa shape index (κ2) is 3.06. The molecule has 0 unspecified atom stereocenters. The number of carboxylic acids is 1. The Morgan fingerprint density at radius 1 is 1.58 bits per heavy atom. The van der Waals surface area contributed by atoms with Gasteiger partial charge in [0.15, 0.2) is 0 Å². The minimum Gasteiger partial charge on any atom is -0.478 e. The molecular formula is C8H9NO2S. The lowest BCUT2D eigenvalue weighted by atomic mass is 10.2. The molecule has 3 nitrogen and oxygen atoms in total. The first-order chi connectivity index (χ1) is 5.52. The number of aromatic amines is 1. The van der Waals surface area contributed by atoms with Crippen LogP contribution in [0.2, 0.25) is 0 Å². The number of aromatic nitrogens is 1. The van der Waals surface area contributed by atoms with Gasteiger partial charge in [-0.05, 0) is 25.5 Å². The van der Waals surface area contributed by atoms with E-state index in [-0.39, 0.29) is 10.2 Å². The smallest absolute Gasteiger partial charge is 0.338 e. The van der Waals surface area contributed by atoms with Crippen LogP contribution in [0.1, 0.15) is 21.6 Å². The number of carbonyl (C=O) groups is 1. The Kier molecular flexibility index (Phi) is 2.28. The van der Waals surface area contributed by atoms with Gasteiger partial charge in [-0.25, -0.2) is 4.79 Å². The van der Waals surface area contributed by atoms with E-state index in [1.165, 1.54) is 0 Å². The van der Waals surface area contributed by atoms with Gasteiger partial charge in [-0.1, -0.05) is 12.2 Å². The maximum atomic E-state index is 10.6. The van der Waals surface area contributed by atoms with Crippen molar-refractivity contribution in [2.24, 2.45) is 0 Å². The molecule has 0 spiro atoms. The highest BCUT2D eigenvalue weighted by Crippen LogP contribution is 2.08. The molecule has 12 heavy (non-hydrogen) atoms. The van der Waals surface area contributed by atoms with Crippen molar-refractivity contribution in [3.63, 3.8) is 0 Å². The van der Waals surface area contributed by atoms with Gasteiger partial charge in [0.25, 0.3) is 0 Å². The van der Waals surface area contributed by atoms with Gasteiger partial charge < -0.3 is 10.1 Å². The van der Waals surface area contributed by atoms with Crippen molar-refractivity contribution in [1.29, 1.82) is 0 Å². The molecule has 0 saturated heterocycles. The van der Waals surface area contributed by atoms with Crippen LogP contribution in [-0.4, -0.2) is 16.1 Å². The second-order valence-corrected chi connectivity index (χ2v) is 3.03. The summed E-state index contributed by atoms with van der Waals surface area (Å²) in [6, 6.07) is 1.58. The Bertz CT molecular complexity index is 381. The highest BCUT2D eigenvalue weighted by Gasteiger charge is 2.06. The summed E-state index contributed by atoms with van der Waals surface area (Å²) >= 11 is 4.84. The van der Waals surface area contributed by atoms with E-state index in [4.69, 9.17) is 17.3 Å². The number of aryl methyl sites for hydroxylation is 2. The van der Waals surface area contributed by atoms with Crippen molar-refractivity contribution in [1.82, 2.24) is 4.98 Å². The highest BCUT2D eigenvalue weighted by atomic mass is 32.1. The molecule has 0 amide bonds. The van der Waals surface area contributed by atoms with Crippen LogP contribution in [0.15, 0.2) is 6.07 Å². The molecule has 64 valence electrons. The van der Waals surface area contributed by atoms with E-state index in [0.29, 0.717) is 0 Å². The van der Waals surface area contributed by atoms with Gasteiger partial charge in [-0.2, -0.15) is 0 Å². The molecule has 0 aliphatic heterocycles. The molecule has 1 heterocycles. The SMILES string of the molecule is Cc1cc(C(=O)O)c(=S)[nH]c1C. The van der Waals surface area contributed by atoms with Crippen LogP contribution in [0.4, 0.5) is 0 Å². The third-order valence-electron chi connectivity index (χ3n) is 1.73. The zero-order valence-electron chi connectivity index (χ0n) is 6.84. The van der Waals surface area contributed by atoms with E-state index < -0.39 is 5.97 Å². The molecule has 1 aromatic heterocycles. The van der Waals surface area contributed by atoms with Crippen LogP contribution in [0.5, 0.6) is 0 Å². The van der Waals surface area contributed by atoms with Gasteiger partial charge >= 0.3 is 5.97 Å². The summed E-state index contributed by atoms with van der Waals surface area (Å²) in [4.78, 5) is 13.4. The van der Waals surface area contributed by atoms with Gasteiger partial charge in [0.05, 0.1) is 5.56 Å². The normalized spacial score (nSPS) is 9.83. The molecule has 0 saturated carbocycles. The standard InChI is InChI=1S/C8H9NO2S/c1-4-3-6(8(10)11)7(12)9-5(4)2/h3H,1-2H3,(H,9,12)(H,10,11). The largest absolute Gasteiger partial charge is 0.478 e. The fourth-order valence-electron chi connectivity index (χ4n) is 0.885. The Hall–Kier alpha value is -1.16. The Balaban J connectivity index is 3.43. The minimum absolute atomic E-state index is 0.160. The Morgan fingerprint density at radius 3 is 2.67 bits per heavy atom. The number of nitrogens with one attached hydrogen (secondary N) is 1. The molecule has 2 N–H and O–H groups in total. The number of hydrogen-bond acceptors (Lipinski definition) is 2. The fraction of sp³-hybridized carbons (Fsp3) is 0.250. The number of aromatic carboxylic acids is 1. The summed E-state index contributed by atoms with van der Waals surface area (Å²) in [5, 5.41) is 8.69. The van der Waals surface area contributed by atoms with Gasteiger partial charge in [-0.3, -0.25) is 0 Å². The van der Waals surface area contributed by atoms with Crippen LogP contribution in [0.3, 0.4) is 0 Å². The number of rotatable bonds is 1. The maximum Gasteiger partial charge on any atom is 0.338 e. The van der Waals surface area contributed by atoms with Crippen molar-refractivity contribution < 1.29 is 9.90 Å². The predicted molar refractivity (Wildman–Crippen MR) is 48.1 cm³/mol. The quantitative estimate of drug-likeness (QED) is 0.655. The summed E-state index contributed by atoms with van der Waals surface area (Å²) in [6.45, 7) is 3.70. The lowest BCUT2D eigenvalue weighted by Gasteiger charge is -2.01. The van der Waals surface area contributed by atoms with E-state index in [9.17, 15) is 4.79 Å². The zero-order chi connectivity index (χ0) is 9.30. The minimum atomic E-state index is -0.987. The topological polar surface area (TPSA) is 53.1 Å². The third kappa shape index (κ3) is 1.53. The monoisotopic (exact) mass is 183 g/mol. The Labute approximate surface area is 75.1 Å². The van der Waals surface area contributed by atoms with E-state index in [1.54, 1.807) is 6.07 Å². The average Bonchev–Trinajstić information content (AvgIpc) is 1.96. The number of carboxylic acid groups (broad SMARTS) is 1. The van der Waals surface area contributed by atoms with Crippen molar-refractivity contribution in [3.05, 3.63) is 27.5 Å². The van der Waals surface area contributed by atoms with Crippen molar-refractivity contribution in [3.8, 4) is 0 Å². The molecule has 4 heteroatoms. The molecule has 0 aliphatic rings. The first kappa shape index (κ1) is 8.93. The Morgan fingerprint density at radius 2 is 2.17 bits per heavy atom. The van der Waals surface area contributed by atoms with Crippen molar-refractivity contribution >= 4 is 18.2 Å². The number of H-pyrrole nitrogens is 1. The molecule has 1 aromatic rings. The number of pyridine rings is 1. The van der Waals surface area contributed by atoms with Crippen LogP contribution in [0, 0.1) is 18.5 Å². The van der Waals surface area contributed by atoms with E-state index >= 15 is 0 Å². The molecule has 0 atom stereocenters. The van der Waals surface area contributed by atoms with Gasteiger partial charge in [0.2, 0.25) is 0 Å². The first-order valence-corrected chi connectivity index (χ1v) is 3.87. The fourth-order valence-corrected chi connectivity index (χ4v) is 1.18. The van der Waals surface area contributed by atoms with Crippen molar-refractivity contribution in [2.75, 3.05) is 0 Å². The summed E-state index contributed by atoms with van der Waals surface area (Å²) in [6.07, 6.45) is 0. The summed E-state index contributed by atoms with van der Waals surface area (Å²) in [5.74, 6) is -0.987. The molecule has 0 aromatic carbocycles. The molecule has 0 radical (unpaired) electrons. The molecular weight excluding hydrogens is 174 g/mol. The second-order valence-electron chi connectivity index (χ2n) is 2.63. The molecule has 1 rings (SSSR count). The maximum absolute atomic E-state index is 10.6. The first-order valence-electron chi connectivity index (χ1n) is 3.46. The van der Waals surface area contributed by atoms with Crippen molar-refractivity contribution in [2.45, 2.75) is 13.8 Å². The third-order valence-corrected chi connectivity index (χ3v) is 2.05. The van der Waals surface area contributed by atoms with Crippen LogP contribution < -0.4 is 0 Å². The highest BCUT2D eigenvalue weighted by molar-refractivity contribution is 7.71. The summed E-state index contributed by atoms with van der Waals surface area (Å²) in [5.41, 5.74) is 1.97. The van der Waals surface area contributed by atoms with Crippen LogP contribution >= 0.6 is 12.2 Å². The lowest BCUT2D eigenvalue weighted by Crippen LogP contribution is -2.01. The summed E-state index contributed by atoms with van der Waals surface area (Å²) in [7, 11) is 0. The van der Waals surface area contributed by atoms with Gasteiger partial charge in [0, 0.05) is 5.69 Å². The molecule has 0 fully saturated rings. The van der Waals surface area contributed by atoms with E-state index in [0.717, 1.165) is 11.3 Å². The average molecular weight is 183 g/mol. The van der Waals surface area contributed by atoms with E-state index in [2.05, 4.69) is 4.98 Å². The zero-order valence-corrected chi connectivity index (χ0v) is 7.66. The number of hydrogen-bond donors (Lipinski definition) is 2. The lowest BCUT2D eigenvalue weighted by molar-refractivity contribution is 0.0695.